The molecule has 0 aromatic carbocycles. The Morgan fingerprint density at radius 3 is 1.24 bits per heavy atom. The van der Waals surface area contributed by atoms with Gasteiger partial charge in [-0.3, -0.25) is 9.59 Å². The molecule has 1 aliphatic heterocycles. The van der Waals surface area contributed by atoms with Crippen molar-refractivity contribution in [3.05, 3.63) is 12.2 Å². The molecule has 0 radical (unpaired) electrons. The van der Waals surface area contributed by atoms with Gasteiger partial charge >= 0.3 is 5.97 Å². The van der Waals surface area contributed by atoms with Gasteiger partial charge < -0.3 is 45.1 Å². The zero-order valence-corrected chi connectivity index (χ0v) is 49.0. The van der Waals surface area contributed by atoms with Gasteiger partial charge in [0.05, 0.1) is 32.0 Å². The highest BCUT2D eigenvalue weighted by atomic mass is 16.7. The van der Waals surface area contributed by atoms with Crippen LogP contribution in [0.15, 0.2) is 12.2 Å². The van der Waals surface area contributed by atoms with E-state index < -0.39 is 49.5 Å². The van der Waals surface area contributed by atoms with E-state index in [-0.39, 0.29) is 18.5 Å². The lowest BCUT2D eigenvalue weighted by atomic mass is 9.99. The fraction of sp³-hybridized carbons (Fsp3) is 0.938. The summed E-state index contributed by atoms with van der Waals surface area (Å²) < 4.78 is 16.7. The van der Waals surface area contributed by atoms with Gasteiger partial charge in [-0.15, -0.1) is 0 Å². The van der Waals surface area contributed by atoms with Crippen LogP contribution in [0.3, 0.4) is 0 Å². The van der Waals surface area contributed by atoms with Crippen LogP contribution in [0.25, 0.3) is 0 Å². The lowest BCUT2D eigenvalue weighted by molar-refractivity contribution is -0.302. The molecule has 0 aromatic rings. The van der Waals surface area contributed by atoms with E-state index in [9.17, 15) is 35.1 Å². The number of carbonyl (C=O) groups is 2. The third-order valence-electron chi connectivity index (χ3n) is 15.7. The number of hydrogen-bond acceptors (Lipinski definition) is 10. The van der Waals surface area contributed by atoms with E-state index in [2.05, 4.69) is 19.2 Å². The molecule has 11 nitrogen and oxygen atoms in total. The summed E-state index contributed by atoms with van der Waals surface area (Å²) in [5.41, 5.74) is 0. The number of rotatable bonds is 57. The molecule has 0 saturated carbocycles. The van der Waals surface area contributed by atoms with E-state index in [1.54, 1.807) is 6.08 Å². The van der Waals surface area contributed by atoms with Crippen molar-refractivity contribution in [2.24, 2.45) is 0 Å². The van der Waals surface area contributed by atoms with Gasteiger partial charge in [-0.05, 0) is 32.1 Å². The Labute approximate surface area is 461 Å². The summed E-state index contributed by atoms with van der Waals surface area (Å²) in [4.78, 5) is 25.1. The van der Waals surface area contributed by atoms with Crippen LogP contribution >= 0.6 is 0 Å². The second-order valence-electron chi connectivity index (χ2n) is 22.8. The fourth-order valence-electron chi connectivity index (χ4n) is 10.5. The highest BCUT2D eigenvalue weighted by Gasteiger charge is 2.44. The van der Waals surface area contributed by atoms with Gasteiger partial charge in [0.2, 0.25) is 5.91 Å². The molecule has 1 saturated heterocycles. The van der Waals surface area contributed by atoms with Gasteiger partial charge in [0.15, 0.2) is 6.29 Å². The number of allylic oxidation sites excluding steroid dienone is 1. The number of nitrogens with one attached hydrogen (secondary N) is 1. The van der Waals surface area contributed by atoms with Crippen LogP contribution in [-0.4, -0.2) is 100 Å². The second-order valence-corrected chi connectivity index (χ2v) is 22.8. The van der Waals surface area contributed by atoms with Crippen LogP contribution in [0, 0.1) is 0 Å². The van der Waals surface area contributed by atoms with E-state index >= 15 is 0 Å². The van der Waals surface area contributed by atoms with E-state index in [1.807, 2.05) is 6.08 Å². The highest BCUT2D eigenvalue weighted by Crippen LogP contribution is 2.23. The van der Waals surface area contributed by atoms with Crippen molar-refractivity contribution in [3.63, 3.8) is 0 Å². The molecule has 1 fully saturated rings. The van der Waals surface area contributed by atoms with E-state index in [0.717, 1.165) is 57.8 Å². The third kappa shape index (κ3) is 43.9. The summed E-state index contributed by atoms with van der Waals surface area (Å²) in [5, 5.41) is 54.5. The summed E-state index contributed by atoms with van der Waals surface area (Å²) in [6.07, 6.45) is 54.5. The third-order valence-corrected chi connectivity index (χ3v) is 15.7. The van der Waals surface area contributed by atoms with Gasteiger partial charge in [0.25, 0.3) is 0 Å². The Morgan fingerprint density at radius 1 is 0.480 bits per heavy atom. The van der Waals surface area contributed by atoms with Crippen LogP contribution in [0.1, 0.15) is 322 Å². The van der Waals surface area contributed by atoms with Crippen LogP contribution in [-0.2, 0) is 23.8 Å². The molecule has 7 atom stereocenters. The van der Waals surface area contributed by atoms with Crippen LogP contribution in [0.5, 0.6) is 0 Å². The lowest BCUT2D eigenvalue weighted by Gasteiger charge is -2.40. The average Bonchev–Trinajstić information content (AvgIpc) is 3.41. The summed E-state index contributed by atoms with van der Waals surface area (Å²) >= 11 is 0. The van der Waals surface area contributed by atoms with Crippen molar-refractivity contribution in [2.45, 2.75) is 365 Å². The minimum absolute atomic E-state index is 0.00125. The molecule has 444 valence electrons. The summed E-state index contributed by atoms with van der Waals surface area (Å²) in [7, 11) is 0. The number of hydrogen-bond donors (Lipinski definition) is 6. The normalized spacial score (nSPS) is 18.7. The van der Waals surface area contributed by atoms with Crippen LogP contribution < -0.4 is 5.32 Å². The molecule has 0 bridgehead atoms. The fourth-order valence-corrected chi connectivity index (χ4v) is 10.5. The van der Waals surface area contributed by atoms with Crippen molar-refractivity contribution in [3.8, 4) is 0 Å². The Kier molecular flexibility index (Phi) is 51.8. The summed E-state index contributed by atoms with van der Waals surface area (Å²) in [5.74, 6) is -0.178. The molecular weight excluding hydrogens is 943 g/mol. The Bertz CT molecular complexity index is 1250. The second kappa shape index (κ2) is 54.4. The molecule has 75 heavy (non-hydrogen) atoms. The number of carbonyl (C=O) groups excluding carboxylic acids is 2. The zero-order chi connectivity index (χ0) is 54.5. The molecule has 1 aliphatic rings. The van der Waals surface area contributed by atoms with E-state index in [1.165, 1.54) is 238 Å². The minimum Gasteiger partial charge on any atom is -0.466 e. The quantitative estimate of drug-likeness (QED) is 0.0195. The minimum atomic E-state index is -1.57. The molecule has 1 amide bonds. The Balaban J connectivity index is 2.04. The first kappa shape index (κ1) is 71.4. The number of amides is 1. The zero-order valence-electron chi connectivity index (χ0n) is 49.0. The molecule has 7 unspecified atom stereocenters. The molecule has 1 heterocycles. The number of aliphatic hydroxyl groups is 5. The molecule has 11 heteroatoms. The topological polar surface area (TPSA) is 175 Å². The Morgan fingerprint density at radius 2 is 0.840 bits per heavy atom. The largest absolute Gasteiger partial charge is 0.466 e. The van der Waals surface area contributed by atoms with Gasteiger partial charge in [0.1, 0.15) is 24.4 Å². The summed E-state index contributed by atoms with van der Waals surface area (Å²) in [6.45, 7) is 4.37. The van der Waals surface area contributed by atoms with Crippen LogP contribution in [0.4, 0.5) is 0 Å². The number of esters is 1. The predicted octanol–water partition coefficient (Wildman–Crippen LogP) is 15.5. The predicted molar refractivity (Wildman–Crippen MR) is 311 cm³/mol. The maximum Gasteiger partial charge on any atom is 0.305 e. The maximum absolute atomic E-state index is 13.1. The molecule has 1 rings (SSSR count). The Hall–Kier alpha value is -1.60. The average molecular weight is 1070 g/mol. The lowest BCUT2D eigenvalue weighted by Crippen LogP contribution is -2.60. The van der Waals surface area contributed by atoms with Gasteiger partial charge in [-0.2, -0.15) is 0 Å². The monoisotopic (exact) mass is 1070 g/mol. The van der Waals surface area contributed by atoms with E-state index in [4.69, 9.17) is 14.2 Å². The standard InChI is InChI=1S/C64H123NO10/c1-3-5-7-9-11-13-15-16-27-31-34-38-42-46-50-57(67)56(55-74-64-63(72)62(71)61(70)58(54-66)75-64)65-59(68)51-47-43-39-35-32-28-25-23-21-19-17-18-20-22-24-26-29-33-37-41-45-49-53-73-60(69)52-48-44-40-36-30-14-12-10-8-6-4-2/h46,50,56-58,61-64,66-67,70-72H,3-45,47-49,51-55H2,1-2H3,(H,65,68)/b50-46+. The van der Waals surface area contributed by atoms with Crippen LogP contribution in [0.2, 0.25) is 0 Å². The number of aliphatic hydroxyl groups excluding tert-OH is 5. The highest BCUT2D eigenvalue weighted by molar-refractivity contribution is 5.76. The molecule has 0 spiro atoms. The van der Waals surface area contributed by atoms with Gasteiger partial charge in [-0.25, -0.2) is 0 Å². The molecule has 0 aliphatic carbocycles. The van der Waals surface area contributed by atoms with Crippen molar-refractivity contribution >= 4 is 11.9 Å². The molecule has 6 N–H and O–H groups in total. The SMILES string of the molecule is CCCCCCCCCCCCCC/C=C/C(O)C(COC1OC(CO)C(O)C(O)C1O)NC(=O)CCCCCCCCCCCCCCCCCCCCCCCCOC(=O)CCCCCCCCCCCCC. The molecular formula is C64H123NO10. The first-order valence-corrected chi connectivity index (χ1v) is 32.5. The van der Waals surface area contributed by atoms with Crippen molar-refractivity contribution in [1.82, 2.24) is 5.32 Å². The number of ether oxygens (including phenoxy) is 3. The summed E-state index contributed by atoms with van der Waals surface area (Å²) in [6, 6.07) is -0.809. The number of unbranched alkanes of at least 4 members (excludes halogenated alkanes) is 43. The van der Waals surface area contributed by atoms with Gasteiger partial charge in [-0.1, -0.05) is 289 Å². The molecule has 0 aromatic heterocycles. The van der Waals surface area contributed by atoms with Crippen molar-refractivity contribution in [2.75, 3.05) is 19.8 Å². The van der Waals surface area contributed by atoms with Crippen molar-refractivity contribution in [1.29, 1.82) is 0 Å². The first-order valence-electron chi connectivity index (χ1n) is 32.5. The smallest absolute Gasteiger partial charge is 0.305 e. The maximum atomic E-state index is 13.1. The first-order chi connectivity index (χ1) is 36.7. The van der Waals surface area contributed by atoms with Gasteiger partial charge in [0, 0.05) is 12.8 Å². The van der Waals surface area contributed by atoms with Crippen molar-refractivity contribution < 1.29 is 49.3 Å². The van der Waals surface area contributed by atoms with E-state index in [0.29, 0.717) is 19.4 Å².